The van der Waals surface area contributed by atoms with Crippen LogP contribution in [0, 0.1) is 5.82 Å². The van der Waals surface area contributed by atoms with Crippen LogP contribution in [0.1, 0.15) is 22.5 Å². The number of carbonyl (C=O) groups is 1. The van der Waals surface area contributed by atoms with Gasteiger partial charge in [0.05, 0.1) is 11.9 Å². The van der Waals surface area contributed by atoms with Gasteiger partial charge in [-0.2, -0.15) is 0 Å². The van der Waals surface area contributed by atoms with Gasteiger partial charge in [-0.05, 0) is 54.8 Å². The number of para-hydroxylation sites is 1. The first-order valence-corrected chi connectivity index (χ1v) is 8.59. The predicted octanol–water partition coefficient (Wildman–Crippen LogP) is 4.56. The number of amides is 1. The van der Waals surface area contributed by atoms with E-state index < -0.39 is 5.82 Å². The van der Waals surface area contributed by atoms with E-state index in [9.17, 15) is 9.18 Å². The Morgan fingerprint density at radius 1 is 1.08 bits per heavy atom. The third-order valence-electron chi connectivity index (χ3n) is 4.48. The fraction of sp³-hybridized carbons (Fsp3) is 0.143. The van der Waals surface area contributed by atoms with Crippen molar-refractivity contribution in [1.29, 1.82) is 0 Å². The van der Waals surface area contributed by atoms with Gasteiger partial charge in [-0.3, -0.25) is 4.79 Å². The lowest BCUT2D eigenvalue weighted by molar-refractivity contribution is 0.102. The van der Waals surface area contributed by atoms with Gasteiger partial charge in [0.1, 0.15) is 11.5 Å². The van der Waals surface area contributed by atoms with Crippen LogP contribution in [0.5, 0.6) is 0 Å². The van der Waals surface area contributed by atoms with Gasteiger partial charge >= 0.3 is 0 Å². The SMILES string of the molecule is O=C(Nc1cccc(F)c1)c1ccc(N2CCCc3ccccc32)cn1. The maximum Gasteiger partial charge on any atom is 0.274 e. The zero-order valence-corrected chi connectivity index (χ0v) is 14.2. The third-order valence-corrected chi connectivity index (χ3v) is 4.48. The van der Waals surface area contributed by atoms with Crippen LogP contribution >= 0.6 is 0 Å². The van der Waals surface area contributed by atoms with Crippen molar-refractivity contribution in [3.8, 4) is 0 Å². The second kappa shape index (κ2) is 6.96. The molecule has 0 bridgehead atoms. The topological polar surface area (TPSA) is 45.2 Å². The molecule has 2 aromatic carbocycles. The van der Waals surface area contributed by atoms with E-state index in [1.807, 2.05) is 12.1 Å². The lowest BCUT2D eigenvalue weighted by Crippen LogP contribution is -2.24. The Morgan fingerprint density at radius 2 is 1.96 bits per heavy atom. The molecule has 0 saturated carbocycles. The van der Waals surface area contributed by atoms with E-state index in [2.05, 4.69) is 33.4 Å². The Balaban J connectivity index is 1.53. The number of aromatic nitrogens is 1. The zero-order chi connectivity index (χ0) is 17.9. The maximum atomic E-state index is 13.2. The molecule has 26 heavy (non-hydrogen) atoms. The van der Waals surface area contributed by atoms with E-state index in [1.54, 1.807) is 24.4 Å². The minimum Gasteiger partial charge on any atom is -0.340 e. The summed E-state index contributed by atoms with van der Waals surface area (Å²) in [6.07, 6.45) is 3.87. The molecular weight excluding hydrogens is 329 g/mol. The first-order chi connectivity index (χ1) is 12.7. The Hall–Kier alpha value is -3.21. The molecule has 1 aliphatic heterocycles. The monoisotopic (exact) mass is 347 g/mol. The van der Waals surface area contributed by atoms with Crippen LogP contribution in [0.25, 0.3) is 0 Å². The summed E-state index contributed by atoms with van der Waals surface area (Å²) >= 11 is 0. The summed E-state index contributed by atoms with van der Waals surface area (Å²) < 4.78 is 13.2. The van der Waals surface area contributed by atoms with Crippen molar-refractivity contribution in [3.63, 3.8) is 0 Å². The summed E-state index contributed by atoms with van der Waals surface area (Å²) in [6, 6.07) is 17.7. The van der Waals surface area contributed by atoms with Gasteiger partial charge in [0, 0.05) is 17.9 Å². The molecule has 0 saturated heterocycles. The molecule has 0 atom stereocenters. The molecule has 2 heterocycles. The van der Waals surface area contributed by atoms with Crippen molar-refractivity contribution in [3.05, 3.63) is 83.9 Å². The summed E-state index contributed by atoms with van der Waals surface area (Å²) in [5.41, 5.74) is 4.18. The Labute approximate surface area is 151 Å². The number of nitrogens with one attached hydrogen (secondary N) is 1. The summed E-state index contributed by atoms with van der Waals surface area (Å²) in [4.78, 5) is 18.8. The first kappa shape index (κ1) is 16.3. The minimum atomic E-state index is -0.394. The fourth-order valence-corrected chi connectivity index (χ4v) is 3.24. The van der Waals surface area contributed by atoms with Gasteiger partial charge in [0.25, 0.3) is 5.91 Å². The molecule has 0 aliphatic carbocycles. The molecule has 130 valence electrons. The number of hydrogen-bond donors (Lipinski definition) is 1. The van der Waals surface area contributed by atoms with Crippen LogP contribution in [0.4, 0.5) is 21.5 Å². The van der Waals surface area contributed by atoms with Crippen molar-refractivity contribution >= 4 is 23.0 Å². The summed E-state index contributed by atoms with van der Waals surface area (Å²) in [6.45, 7) is 0.924. The van der Waals surface area contributed by atoms with Crippen molar-refractivity contribution in [2.24, 2.45) is 0 Å². The lowest BCUT2D eigenvalue weighted by atomic mass is 10.0. The van der Waals surface area contributed by atoms with Crippen LogP contribution in [0.2, 0.25) is 0 Å². The normalized spacial score (nSPS) is 13.2. The minimum absolute atomic E-state index is 0.295. The number of anilines is 3. The first-order valence-electron chi connectivity index (χ1n) is 8.59. The maximum absolute atomic E-state index is 13.2. The smallest absolute Gasteiger partial charge is 0.274 e. The number of halogens is 1. The highest BCUT2D eigenvalue weighted by Crippen LogP contribution is 2.32. The highest BCUT2D eigenvalue weighted by molar-refractivity contribution is 6.03. The van der Waals surface area contributed by atoms with Crippen LogP contribution in [0.15, 0.2) is 66.9 Å². The van der Waals surface area contributed by atoms with E-state index >= 15 is 0 Å². The molecule has 1 amide bonds. The average Bonchev–Trinajstić information content (AvgIpc) is 2.68. The highest BCUT2D eigenvalue weighted by Gasteiger charge is 2.18. The van der Waals surface area contributed by atoms with Gasteiger partial charge in [-0.15, -0.1) is 0 Å². The van der Waals surface area contributed by atoms with E-state index in [1.165, 1.54) is 23.4 Å². The number of aryl methyl sites for hydroxylation is 1. The van der Waals surface area contributed by atoms with E-state index in [-0.39, 0.29) is 5.91 Å². The number of hydrogen-bond acceptors (Lipinski definition) is 3. The second-order valence-corrected chi connectivity index (χ2v) is 6.25. The number of carbonyl (C=O) groups excluding carboxylic acids is 1. The average molecular weight is 347 g/mol. The van der Waals surface area contributed by atoms with Crippen molar-refractivity contribution in [2.75, 3.05) is 16.8 Å². The van der Waals surface area contributed by atoms with E-state index in [0.29, 0.717) is 11.4 Å². The number of fused-ring (bicyclic) bond motifs is 1. The fourth-order valence-electron chi connectivity index (χ4n) is 3.24. The summed E-state index contributed by atoms with van der Waals surface area (Å²) in [7, 11) is 0. The van der Waals surface area contributed by atoms with Crippen LogP contribution in [-0.4, -0.2) is 17.4 Å². The molecule has 5 heteroatoms. The Kier molecular flexibility index (Phi) is 4.35. The van der Waals surface area contributed by atoms with Crippen molar-refractivity contribution < 1.29 is 9.18 Å². The molecule has 4 nitrogen and oxygen atoms in total. The van der Waals surface area contributed by atoms with Crippen LogP contribution in [-0.2, 0) is 6.42 Å². The van der Waals surface area contributed by atoms with Crippen LogP contribution in [0.3, 0.4) is 0 Å². The van der Waals surface area contributed by atoms with Gasteiger partial charge < -0.3 is 10.2 Å². The molecule has 0 fully saturated rings. The molecule has 0 spiro atoms. The zero-order valence-electron chi connectivity index (χ0n) is 14.2. The Morgan fingerprint density at radius 3 is 2.77 bits per heavy atom. The van der Waals surface area contributed by atoms with Crippen LogP contribution < -0.4 is 10.2 Å². The lowest BCUT2D eigenvalue weighted by Gasteiger charge is -2.31. The number of rotatable bonds is 3. The number of pyridine rings is 1. The quantitative estimate of drug-likeness (QED) is 0.755. The molecule has 4 rings (SSSR count). The second-order valence-electron chi connectivity index (χ2n) is 6.25. The molecule has 0 unspecified atom stereocenters. The van der Waals surface area contributed by atoms with Gasteiger partial charge in [0.2, 0.25) is 0 Å². The molecule has 1 N–H and O–H groups in total. The molecule has 1 aromatic heterocycles. The molecule has 3 aromatic rings. The number of benzene rings is 2. The predicted molar refractivity (Wildman–Crippen MR) is 100 cm³/mol. The third kappa shape index (κ3) is 3.28. The molecule has 1 aliphatic rings. The van der Waals surface area contributed by atoms with Crippen molar-refractivity contribution in [1.82, 2.24) is 4.98 Å². The van der Waals surface area contributed by atoms with Gasteiger partial charge in [-0.25, -0.2) is 9.37 Å². The highest BCUT2D eigenvalue weighted by atomic mass is 19.1. The van der Waals surface area contributed by atoms with E-state index in [0.717, 1.165) is 25.1 Å². The number of nitrogens with zero attached hydrogens (tertiary/aromatic N) is 2. The largest absolute Gasteiger partial charge is 0.340 e. The molecule has 0 radical (unpaired) electrons. The van der Waals surface area contributed by atoms with Gasteiger partial charge in [0.15, 0.2) is 0 Å². The summed E-state index contributed by atoms with van der Waals surface area (Å²) in [5.74, 6) is -0.754. The van der Waals surface area contributed by atoms with Gasteiger partial charge in [-0.1, -0.05) is 24.3 Å². The summed E-state index contributed by atoms with van der Waals surface area (Å²) in [5, 5.41) is 2.66. The molecular formula is C21H18FN3O. The van der Waals surface area contributed by atoms with Crippen molar-refractivity contribution in [2.45, 2.75) is 12.8 Å². The van der Waals surface area contributed by atoms with E-state index in [4.69, 9.17) is 0 Å². The Bertz CT molecular complexity index is 940. The standard InChI is InChI=1S/C21H18FN3O/c22-16-7-3-8-17(13-16)24-21(26)19-11-10-18(14-23-19)25-12-4-6-15-5-1-2-9-20(15)25/h1-3,5,7-11,13-14H,4,6,12H2,(H,24,26).